The molecule has 0 fully saturated rings. The molecule has 0 aliphatic rings. The molecule has 2 N–H and O–H groups in total. The quantitative estimate of drug-likeness (QED) is 0.648. The molecule has 2 aromatic rings. The van der Waals surface area contributed by atoms with Crippen LogP contribution in [-0.4, -0.2) is 17.8 Å². The Balaban J connectivity index is 2.47. The number of amidine groups is 2. The number of rotatable bonds is 2. The second-order valence-electron chi connectivity index (χ2n) is 4.25. The minimum atomic E-state index is -4.75. The van der Waals surface area contributed by atoms with Crippen molar-refractivity contribution in [2.45, 2.75) is 6.18 Å². The van der Waals surface area contributed by atoms with E-state index < -0.39 is 12.0 Å². The lowest BCUT2D eigenvalue weighted by atomic mass is 10.2. The van der Waals surface area contributed by atoms with E-state index in [4.69, 9.17) is 17.3 Å². The molecule has 0 aliphatic heterocycles. The SMILES string of the molecule is NC(=NC(=Nc1ccccc1Cl)C(F)(F)F)c1ccccc1. The Morgan fingerprint density at radius 3 is 2.14 bits per heavy atom. The van der Waals surface area contributed by atoms with Gasteiger partial charge in [-0.25, -0.2) is 9.98 Å². The number of nitrogens with two attached hydrogens (primary N) is 1. The van der Waals surface area contributed by atoms with Gasteiger partial charge in [0.25, 0.3) is 0 Å². The first-order chi connectivity index (χ1) is 10.4. The smallest absolute Gasteiger partial charge is 0.383 e. The maximum absolute atomic E-state index is 13.1. The summed E-state index contributed by atoms with van der Waals surface area (Å²) >= 11 is 5.82. The zero-order chi connectivity index (χ0) is 16.2. The molecule has 2 rings (SSSR count). The van der Waals surface area contributed by atoms with E-state index in [9.17, 15) is 13.2 Å². The average molecular weight is 326 g/mol. The van der Waals surface area contributed by atoms with E-state index in [1.54, 1.807) is 36.4 Å². The summed E-state index contributed by atoms with van der Waals surface area (Å²) in [5.74, 6) is -1.63. The van der Waals surface area contributed by atoms with Gasteiger partial charge in [0.05, 0.1) is 10.7 Å². The van der Waals surface area contributed by atoms with Gasteiger partial charge in [-0.1, -0.05) is 54.1 Å². The van der Waals surface area contributed by atoms with E-state index in [0.29, 0.717) is 5.56 Å². The van der Waals surface area contributed by atoms with Crippen LogP contribution in [0.1, 0.15) is 5.56 Å². The molecule has 22 heavy (non-hydrogen) atoms. The van der Waals surface area contributed by atoms with Crippen molar-refractivity contribution in [1.29, 1.82) is 0 Å². The monoisotopic (exact) mass is 325 g/mol. The summed E-state index contributed by atoms with van der Waals surface area (Å²) in [7, 11) is 0. The van der Waals surface area contributed by atoms with Crippen LogP contribution in [0.5, 0.6) is 0 Å². The van der Waals surface area contributed by atoms with Crippen LogP contribution in [0.15, 0.2) is 64.6 Å². The van der Waals surface area contributed by atoms with Crippen LogP contribution in [0.3, 0.4) is 0 Å². The number of aliphatic imine (C=N–C) groups is 2. The van der Waals surface area contributed by atoms with E-state index >= 15 is 0 Å². The van der Waals surface area contributed by atoms with E-state index in [-0.39, 0.29) is 16.5 Å². The molecule has 3 nitrogen and oxygen atoms in total. The molecule has 0 saturated heterocycles. The molecule has 0 atom stereocenters. The molecule has 0 amide bonds. The average Bonchev–Trinajstić information content (AvgIpc) is 2.48. The maximum Gasteiger partial charge on any atom is 0.451 e. The highest BCUT2D eigenvalue weighted by Gasteiger charge is 2.36. The second kappa shape index (κ2) is 6.62. The number of benzene rings is 2. The number of para-hydroxylation sites is 1. The lowest BCUT2D eigenvalue weighted by Gasteiger charge is -2.08. The third-order valence-corrected chi connectivity index (χ3v) is 2.95. The molecule has 2 aromatic carbocycles. The Bertz CT molecular complexity index is 709. The molecule has 114 valence electrons. The topological polar surface area (TPSA) is 50.7 Å². The minimum Gasteiger partial charge on any atom is -0.383 e. The molecule has 0 heterocycles. The molecular formula is C15H11ClF3N3. The molecule has 0 saturated carbocycles. The van der Waals surface area contributed by atoms with E-state index in [0.717, 1.165) is 0 Å². The van der Waals surface area contributed by atoms with Crippen LogP contribution < -0.4 is 5.73 Å². The van der Waals surface area contributed by atoms with Gasteiger partial charge < -0.3 is 5.73 Å². The Morgan fingerprint density at radius 2 is 1.55 bits per heavy atom. The number of hydrogen-bond acceptors (Lipinski definition) is 1. The Kier molecular flexibility index (Phi) is 4.82. The lowest BCUT2D eigenvalue weighted by molar-refractivity contribution is -0.0596. The molecule has 7 heteroatoms. The molecule has 0 bridgehead atoms. The predicted octanol–water partition coefficient (Wildman–Crippen LogP) is 4.34. The van der Waals surface area contributed by atoms with E-state index in [2.05, 4.69) is 9.98 Å². The summed E-state index contributed by atoms with van der Waals surface area (Å²) in [6, 6.07) is 14.1. The van der Waals surface area contributed by atoms with Crippen molar-refractivity contribution in [1.82, 2.24) is 0 Å². The summed E-state index contributed by atoms with van der Waals surface area (Å²) in [5.41, 5.74) is 5.97. The fraction of sp³-hybridized carbons (Fsp3) is 0.0667. The van der Waals surface area contributed by atoms with Gasteiger partial charge in [-0.15, -0.1) is 0 Å². The van der Waals surface area contributed by atoms with E-state index in [1.165, 1.54) is 18.2 Å². The number of halogens is 4. The van der Waals surface area contributed by atoms with Crippen molar-refractivity contribution in [3.63, 3.8) is 0 Å². The minimum absolute atomic E-state index is 0.0268. The van der Waals surface area contributed by atoms with Crippen molar-refractivity contribution in [2.24, 2.45) is 15.7 Å². The van der Waals surface area contributed by atoms with Gasteiger partial charge in [0.15, 0.2) is 0 Å². The fourth-order valence-corrected chi connectivity index (χ4v) is 1.77. The van der Waals surface area contributed by atoms with Gasteiger partial charge in [0.1, 0.15) is 5.84 Å². The molecule has 0 aliphatic carbocycles. The third kappa shape index (κ3) is 4.08. The first kappa shape index (κ1) is 16.0. The zero-order valence-electron chi connectivity index (χ0n) is 11.2. The second-order valence-corrected chi connectivity index (χ2v) is 4.65. The predicted molar refractivity (Wildman–Crippen MR) is 81.8 cm³/mol. The molecule has 0 spiro atoms. The number of hydrogen-bond donors (Lipinski definition) is 1. The van der Waals surface area contributed by atoms with Crippen molar-refractivity contribution in [3.05, 3.63) is 65.2 Å². The van der Waals surface area contributed by atoms with Gasteiger partial charge in [0.2, 0.25) is 5.84 Å². The highest BCUT2D eigenvalue weighted by Crippen LogP contribution is 2.28. The summed E-state index contributed by atoms with van der Waals surface area (Å²) in [4.78, 5) is 6.90. The summed E-state index contributed by atoms with van der Waals surface area (Å²) in [5, 5.41) is 0.0951. The summed E-state index contributed by atoms with van der Waals surface area (Å²) in [6.07, 6.45) is -4.75. The van der Waals surface area contributed by atoms with Gasteiger partial charge in [-0.3, -0.25) is 0 Å². The van der Waals surface area contributed by atoms with Crippen LogP contribution >= 0.6 is 11.6 Å². The van der Waals surface area contributed by atoms with Gasteiger partial charge in [-0.05, 0) is 12.1 Å². The molecule has 0 radical (unpaired) electrons. The van der Waals surface area contributed by atoms with Crippen LogP contribution in [0.2, 0.25) is 5.02 Å². The molecule has 0 unspecified atom stereocenters. The van der Waals surface area contributed by atoms with Crippen molar-refractivity contribution >= 4 is 29.0 Å². The normalized spacial score (nSPS) is 13.3. The van der Waals surface area contributed by atoms with Gasteiger partial charge in [0, 0.05) is 5.56 Å². The first-order valence-electron chi connectivity index (χ1n) is 6.18. The number of nitrogens with zero attached hydrogens (tertiary/aromatic N) is 2. The highest BCUT2D eigenvalue weighted by molar-refractivity contribution is 6.33. The van der Waals surface area contributed by atoms with Crippen molar-refractivity contribution < 1.29 is 13.2 Å². The van der Waals surface area contributed by atoms with Gasteiger partial charge in [-0.2, -0.15) is 13.2 Å². The first-order valence-corrected chi connectivity index (χ1v) is 6.56. The van der Waals surface area contributed by atoms with Crippen molar-refractivity contribution in [3.8, 4) is 0 Å². The van der Waals surface area contributed by atoms with Crippen molar-refractivity contribution in [2.75, 3.05) is 0 Å². The van der Waals surface area contributed by atoms with Crippen LogP contribution in [0, 0.1) is 0 Å². The standard InChI is InChI=1S/C15H11ClF3N3/c16-11-8-4-5-9-12(11)21-14(15(17,18)19)22-13(20)10-6-2-1-3-7-10/h1-9H,(H2,20,21,22). The summed E-state index contributed by atoms with van der Waals surface area (Å²) in [6.45, 7) is 0. The van der Waals surface area contributed by atoms with Crippen LogP contribution in [0.25, 0.3) is 0 Å². The Hall–Kier alpha value is -2.34. The fourth-order valence-electron chi connectivity index (χ4n) is 1.60. The van der Waals surface area contributed by atoms with E-state index in [1.807, 2.05) is 0 Å². The third-order valence-electron chi connectivity index (χ3n) is 2.63. The van der Waals surface area contributed by atoms with Crippen LogP contribution in [-0.2, 0) is 0 Å². The Morgan fingerprint density at radius 1 is 0.955 bits per heavy atom. The zero-order valence-corrected chi connectivity index (χ0v) is 11.9. The largest absolute Gasteiger partial charge is 0.451 e. The van der Waals surface area contributed by atoms with Gasteiger partial charge >= 0.3 is 6.18 Å². The van der Waals surface area contributed by atoms with Crippen LogP contribution in [0.4, 0.5) is 18.9 Å². The number of alkyl halides is 3. The molecular weight excluding hydrogens is 315 g/mol. The maximum atomic E-state index is 13.1. The lowest BCUT2D eigenvalue weighted by Crippen LogP contribution is -2.25. The highest BCUT2D eigenvalue weighted by atomic mass is 35.5. The molecule has 0 aromatic heterocycles. The Labute approximate surface area is 130 Å². The summed E-state index contributed by atoms with van der Waals surface area (Å²) < 4.78 is 39.2.